The molecule has 0 spiro atoms. The molecule has 0 aliphatic heterocycles. The first-order chi connectivity index (χ1) is 19.8. The van der Waals surface area contributed by atoms with Crippen LogP contribution in [0.1, 0.15) is 232 Å². The predicted octanol–water partition coefficient (Wildman–Crippen LogP) is 14.2. The van der Waals surface area contributed by atoms with Crippen LogP contribution in [0.15, 0.2) is 0 Å². The van der Waals surface area contributed by atoms with E-state index in [2.05, 4.69) is 25.8 Å². The summed E-state index contributed by atoms with van der Waals surface area (Å²) in [5.41, 5.74) is 0. The molecule has 0 aliphatic rings. The highest BCUT2D eigenvalue weighted by Crippen LogP contribution is 2.16. The van der Waals surface area contributed by atoms with E-state index in [0.29, 0.717) is 0 Å². The molecule has 0 aliphatic carbocycles. The Hall–Kier alpha value is -0.0400. The van der Waals surface area contributed by atoms with Crippen molar-refractivity contribution in [2.24, 2.45) is 0 Å². The van der Waals surface area contributed by atoms with Crippen molar-refractivity contribution in [2.75, 3.05) is 20.1 Å². The molecule has 40 heavy (non-hydrogen) atoms. The van der Waals surface area contributed by atoms with E-state index in [4.69, 9.17) is 0 Å². The molecular formula is C39H81N. The van der Waals surface area contributed by atoms with Gasteiger partial charge in [0.1, 0.15) is 0 Å². The molecule has 0 fully saturated rings. The Labute approximate surface area is 256 Å². The largest absolute Gasteiger partial charge is 0.306 e. The minimum absolute atomic E-state index is 1.32. The van der Waals surface area contributed by atoms with Crippen molar-refractivity contribution < 1.29 is 0 Å². The van der Waals surface area contributed by atoms with Crippen LogP contribution in [-0.2, 0) is 0 Å². The fourth-order valence-corrected chi connectivity index (χ4v) is 6.32. The quantitative estimate of drug-likeness (QED) is 0.0685. The summed E-state index contributed by atoms with van der Waals surface area (Å²) in [5, 5.41) is 0. The van der Waals surface area contributed by atoms with Crippen molar-refractivity contribution >= 4 is 0 Å². The van der Waals surface area contributed by atoms with Crippen molar-refractivity contribution in [1.29, 1.82) is 0 Å². The lowest BCUT2D eigenvalue weighted by atomic mass is 10.0. The molecule has 0 amide bonds. The maximum Gasteiger partial charge on any atom is -0.00218 e. The van der Waals surface area contributed by atoms with Gasteiger partial charge in [-0.05, 0) is 33.0 Å². The first-order valence-electron chi connectivity index (χ1n) is 19.5. The molecule has 0 heterocycles. The van der Waals surface area contributed by atoms with Crippen LogP contribution in [0.4, 0.5) is 0 Å². The molecule has 0 radical (unpaired) electrons. The first-order valence-corrected chi connectivity index (χ1v) is 19.5. The number of unbranched alkanes of at least 4 members (excludes halogenated alkanes) is 32. The molecule has 242 valence electrons. The second-order valence-corrected chi connectivity index (χ2v) is 13.6. The summed E-state index contributed by atoms with van der Waals surface area (Å²) in [6.45, 7) is 7.25. The van der Waals surface area contributed by atoms with Gasteiger partial charge in [0, 0.05) is 0 Å². The normalized spacial score (nSPS) is 11.7. The molecule has 0 aromatic heterocycles. The molecule has 0 N–H and O–H groups in total. The van der Waals surface area contributed by atoms with Gasteiger partial charge in [-0.1, -0.05) is 219 Å². The lowest BCUT2D eigenvalue weighted by molar-refractivity contribution is 0.314. The van der Waals surface area contributed by atoms with Gasteiger partial charge in [0.05, 0.1) is 0 Å². The molecule has 1 heteroatoms. The van der Waals surface area contributed by atoms with E-state index in [1.165, 1.54) is 231 Å². The van der Waals surface area contributed by atoms with Crippen molar-refractivity contribution in [3.05, 3.63) is 0 Å². The average Bonchev–Trinajstić information content (AvgIpc) is 2.96. The van der Waals surface area contributed by atoms with Gasteiger partial charge >= 0.3 is 0 Å². The lowest BCUT2D eigenvalue weighted by Gasteiger charge is -2.16. The zero-order chi connectivity index (χ0) is 29.0. The van der Waals surface area contributed by atoms with E-state index in [9.17, 15) is 0 Å². The van der Waals surface area contributed by atoms with Gasteiger partial charge in [0.25, 0.3) is 0 Å². The minimum atomic E-state index is 1.32. The molecule has 0 aromatic rings. The Bertz CT molecular complexity index is 419. The smallest absolute Gasteiger partial charge is 0.00218 e. The third kappa shape index (κ3) is 36.0. The highest BCUT2D eigenvalue weighted by Gasteiger charge is 2.00. The molecule has 0 atom stereocenters. The molecule has 0 unspecified atom stereocenters. The highest BCUT2D eigenvalue weighted by atomic mass is 15.1. The third-order valence-electron chi connectivity index (χ3n) is 9.29. The molecule has 0 rings (SSSR count). The Morgan fingerprint density at radius 1 is 0.225 bits per heavy atom. The van der Waals surface area contributed by atoms with Crippen LogP contribution >= 0.6 is 0 Å². The van der Waals surface area contributed by atoms with Crippen LogP contribution in [-0.4, -0.2) is 25.0 Å². The van der Waals surface area contributed by atoms with E-state index in [0.717, 1.165) is 0 Å². The van der Waals surface area contributed by atoms with Crippen molar-refractivity contribution in [3.8, 4) is 0 Å². The summed E-state index contributed by atoms with van der Waals surface area (Å²) in [4.78, 5) is 2.59. The minimum Gasteiger partial charge on any atom is -0.306 e. The molecule has 0 bridgehead atoms. The Kier molecular flexibility index (Phi) is 36.9. The van der Waals surface area contributed by atoms with Crippen LogP contribution in [0.5, 0.6) is 0 Å². The second kappa shape index (κ2) is 37.0. The van der Waals surface area contributed by atoms with Crippen LogP contribution in [0.25, 0.3) is 0 Å². The fourth-order valence-electron chi connectivity index (χ4n) is 6.32. The van der Waals surface area contributed by atoms with Crippen LogP contribution < -0.4 is 0 Å². The Morgan fingerprint density at radius 2 is 0.375 bits per heavy atom. The van der Waals surface area contributed by atoms with Gasteiger partial charge in [-0.2, -0.15) is 0 Å². The van der Waals surface area contributed by atoms with E-state index >= 15 is 0 Å². The summed E-state index contributed by atoms with van der Waals surface area (Å²) in [6, 6.07) is 0. The maximum absolute atomic E-state index is 2.59. The number of rotatable bonds is 36. The maximum atomic E-state index is 2.59. The number of nitrogens with zero attached hydrogens (tertiary/aromatic N) is 1. The zero-order valence-corrected chi connectivity index (χ0v) is 28.9. The molecule has 0 aromatic carbocycles. The van der Waals surface area contributed by atoms with Crippen LogP contribution in [0.3, 0.4) is 0 Å². The van der Waals surface area contributed by atoms with Crippen molar-refractivity contribution in [2.45, 2.75) is 232 Å². The summed E-state index contributed by atoms with van der Waals surface area (Å²) in [7, 11) is 2.35. The monoisotopic (exact) mass is 564 g/mol. The number of hydrogen-bond acceptors (Lipinski definition) is 1. The van der Waals surface area contributed by atoms with Gasteiger partial charge in [-0.15, -0.1) is 0 Å². The summed E-state index contributed by atoms with van der Waals surface area (Å²) >= 11 is 0. The average molecular weight is 564 g/mol. The first kappa shape index (κ1) is 40.0. The topological polar surface area (TPSA) is 3.24 Å². The van der Waals surface area contributed by atoms with Gasteiger partial charge in [0.15, 0.2) is 0 Å². The van der Waals surface area contributed by atoms with E-state index in [-0.39, 0.29) is 0 Å². The Balaban J connectivity index is 3.13. The highest BCUT2D eigenvalue weighted by molar-refractivity contribution is 4.56. The van der Waals surface area contributed by atoms with Gasteiger partial charge in [-0.3, -0.25) is 0 Å². The second-order valence-electron chi connectivity index (χ2n) is 13.6. The molecule has 1 nitrogen and oxygen atoms in total. The zero-order valence-electron chi connectivity index (χ0n) is 28.9. The summed E-state index contributed by atoms with van der Waals surface area (Å²) in [6.07, 6.45) is 49.8. The van der Waals surface area contributed by atoms with Gasteiger partial charge in [-0.25, -0.2) is 0 Å². The summed E-state index contributed by atoms with van der Waals surface area (Å²) < 4.78 is 0. The summed E-state index contributed by atoms with van der Waals surface area (Å²) in [5.74, 6) is 0. The molecule has 0 saturated carbocycles. The van der Waals surface area contributed by atoms with Gasteiger partial charge in [0.2, 0.25) is 0 Å². The third-order valence-corrected chi connectivity index (χ3v) is 9.29. The van der Waals surface area contributed by atoms with Gasteiger partial charge < -0.3 is 4.90 Å². The van der Waals surface area contributed by atoms with E-state index < -0.39 is 0 Å². The van der Waals surface area contributed by atoms with E-state index in [1.807, 2.05) is 0 Å². The fraction of sp³-hybridized carbons (Fsp3) is 1.00. The number of hydrogen-bond donors (Lipinski definition) is 0. The van der Waals surface area contributed by atoms with Crippen molar-refractivity contribution in [3.63, 3.8) is 0 Å². The van der Waals surface area contributed by atoms with Crippen LogP contribution in [0.2, 0.25) is 0 Å². The standard InChI is InChI=1S/C39H81N/c1-4-6-8-10-12-14-16-18-20-21-22-23-24-25-27-29-31-33-35-37-39-40(3)38-36-34-32-30-28-26-19-17-15-13-11-9-7-5-2/h4-39H2,1-3H3. The van der Waals surface area contributed by atoms with Crippen LogP contribution in [0, 0.1) is 0 Å². The molecule has 0 saturated heterocycles. The predicted molar refractivity (Wildman–Crippen MR) is 186 cm³/mol. The lowest BCUT2D eigenvalue weighted by Crippen LogP contribution is -2.20. The molecular weight excluding hydrogens is 482 g/mol. The Morgan fingerprint density at radius 3 is 0.550 bits per heavy atom. The SMILES string of the molecule is CCCCCCCCCCCCCCCCCCCCCCN(C)CCCCCCCCCCCCCCCC. The van der Waals surface area contributed by atoms with Crippen molar-refractivity contribution in [1.82, 2.24) is 4.90 Å². The van der Waals surface area contributed by atoms with E-state index in [1.54, 1.807) is 0 Å².